The van der Waals surface area contributed by atoms with Crippen molar-refractivity contribution < 1.29 is 18.8 Å². The van der Waals surface area contributed by atoms with Gasteiger partial charge in [0.25, 0.3) is 5.69 Å². The average Bonchev–Trinajstić information content (AvgIpc) is 2.91. The number of nitro benzene ring substituents is 1. The number of fused-ring (bicyclic) bond motifs is 3. The molecule has 0 bridgehead atoms. The zero-order valence-electron chi connectivity index (χ0n) is 19.9. The molecule has 9 heteroatoms. The van der Waals surface area contributed by atoms with Gasteiger partial charge >= 0.3 is 0 Å². The number of nitrogens with one attached hydrogen (secondary N) is 1. The van der Waals surface area contributed by atoms with E-state index in [-0.39, 0.29) is 30.0 Å². The van der Waals surface area contributed by atoms with Crippen molar-refractivity contribution in [3.8, 4) is 5.75 Å². The first-order valence-corrected chi connectivity index (χ1v) is 11.9. The predicted molar refractivity (Wildman–Crippen MR) is 135 cm³/mol. The number of non-ortho nitro benzene ring substituents is 1. The van der Waals surface area contributed by atoms with Gasteiger partial charge < -0.3 is 19.9 Å². The first kappa shape index (κ1) is 23.6. The summed E-state index contributed by atoms with van der Waals surface area (Å²) in [4.78, 5) is 28.9. The Bertz CT molecular complexity index is 1270. The van der Waals surface area contributed by atoms with Gasteiger partial charge in [-0.25, -0.2) is 4.39 Å². The topological polar surface area (TPSA) is 87.9 Å². The molecular weight excluding hydrogens is 463 g/mol. The van der Waals surface area contributed by atoms with Crippen LogP contribution in [-0.2, 0) is 17.8 Å². The lowest BCUT2D eigenvalue weighted by molar-refractivity contribution is -0.384. The number of piperazine rings is 1. The number of halogens is 1. The highest BCUT2D eigenvalue weighted by Gasteiger charge is 2.42. The lowest BCUT2D eigenvalue weighted by Gasteiger charge is -2.49. The van der Waals surface area contributed by atoms with Gasteiger partial charge in [-0.2, -0.15) is 0 Å². The number of carbonyl (C=O) groups is 1. The lowest BCUT2D eigenvalue weighted by Crippen LogP contribution is -2.61. The summed E-state index contributed by atoms with van der Waals surface area (Å²) < 4.78 is 18.5. The third kappa shape index (κ3) is 4.68. The summed E-state index contributed by atoms with van der Waals surface area (Å²) >= 11 is 0. The smallest absolute Gasteiger partial charge is 0.269 e. The Morgan fingerprint density at radius 2 is 1.86 bits per heavy atom. The van der Waals surface area contributed by atoms with Crippen LogP contribution in [0.1, 0.15) is 11.1 Å². The van der Waals surface area contributed by atoms with E-state index in [4.69, 9.17) is 4.74 Å². The molecule has 3 aromatic carbocycles. The van der Waals surface area contributed by atoms with Gasteiger partial charge in [0.15, 0.2) is 0 Å². The van der Waals surface area contributed by atoms with Gasteiger partial charge in [-0.1, -0.05) is 12.1 Å². The van der Waals surface area contributed by atoms with Crippen molar-refractivity contribution in [2.45, 2.75) is 19.0 Å². The molecule has 3 aromatic rings. The number of methoxy groups -OCH3 is 1. The Balaban J connectivity index is 1.41. The van der Waals surface area contributed by atoms with Crippen molar-refractivity contribution in [1.29, 1.82) is 0 Å². The first-order chi connectivity index (χ1) is 17.4. The number of anilines is 2. The number of benzene rings is 3. The molecule has 2 aliphatic rings. The maximum absolute atomic E-state index is 13.5. The normalized spacial score (nSPS) is 18.7. The minimum Gasteiger partial charge on any atom is -0.497 e. The molecule has 0 spiro atoms. The molecule has 2 aliphatic heterocycles. The Morgan fingerprint density at radius 3 is 2.56 bits per heavy atom. The molecule has 0 unspecified atom stereocenters. The minimum absolute atomic E-state index is 0.0227. The second-order valence-corrected chi connectivity index (χ2v) is 9.13. The number of rotatable bonds is 6. The van der Waals surface area contributed by atoms with Gasteiger partial charge in [0, 0.05) is 49.7 Å². The van der Waals surface area contributed by atoms with Crippen LogP contribution in [0, 0.1) is 21.8 Å². The highest BCUT2D eigenvalue weighted by atomic mass is 19.1. The van der Waals surface area contributed by atoms with Gasteiger partial charge in [0.2, 0.25) is 5.91 Å². The summed E-state index contributed by atoms with van der Waals surface area (Å²) in [5.41, 5.74) is 3.63. The van der Waals surface area contributed by atoms with E-state index in [0.29, 0.717) is 19.5 Å². The third-order valence-electron chi connectivity index (χ3n) is 7.06. The van der Waals surface area contributed by atoms with Crippen LogP contribution >= 0.6 is 0 Å². The van der Waals surface area contributed by atoms with Gasteiger partial charge in [-0.05, 0) is 60.0 Å². The number of nitrogens with zero attached hydrogens (tertiary/aromatic N) is 3. The van der Waals surface area contributed by atoms with Crippen LogP contribution in [-0.4, -0.2) is 43.6 Å². The van der Waals surface area contributed by atoms with Gasteiger partial charge in [0.1, 0.15) is 11.6 Å². The fourth-order valence-corrected chi connectivity index (χ4v) is 5.17. The molecular formula is C27H27FN4O4. The predicted octanol–water partition coefficient (Wildman–Crippen LogP) is 3.93. The molecule has 8 nitrogen and oxygen atoms in total. The monoisotopic (exact) mass is 490 g/mol. The first-order valence-electron chi connectivity index (χ1n) is 11.9. The quantitative estimate of drug-likeness (QED) is 0.416. The van der Waals surface area contributed by atoms with Crippen LogP contribution in [0.3, 0.4) is 0 Å². The molecule has 5 rings (SSSR count). The maximum atomic E-state index is 13.5. The van der Waals surface area contributed by atoms with Crippen molar-refractivity contribution in [3.63, 3.8) is 0 Å². The lowest BCUT2D eigenvalue weighted by atomic mass is 9.83. The standard InChI is InChI=1S/C27H27FN4O4/c1-36-23-9-6-21(7-10-23)30-12-13-31-25-11-8-22(32(34)35)14-19(25)15-24(26(31)17-30)27(33)29-16-18-2-4-20(28)5-3-18/h2-11,14,24,26H,12-13,15-17H2,1H3,(H,29,33)/t24-,26+/m0/s1. The highest BCUT2D eigenvalue weighted by Crippen LogP contribution is 2.38. The van der Waals surface area contributed by atoms with E-state index >= 15 is 0 Å². The van der Waals surface area contributed by atoms with E-state index in [1.54, 1.807) is 31.4 Å². The number of carbonyl (C=O) groups excluding carboxylic acids is 1. The summed E-state index contributed by atoms with van der Waals surface area (Å²) in [5.74, 6) is -0.0697. The van der Waals surface area contributed by atoms with Crippen LogP contribution < -0.4 is 19.9 Å². The molecule has 1 N–H and O–H groups in total. The Labute approximate surface area is 208 Å². The SMILES string of the molecule is COc1ccc(N2CCN3c4ccc([N+](=O)[O-])cc4C[C@H](C(=O)NCc4ccc(F)cc4)[C@H]3C2)cc1. The molecule has 1 amide bonds. The molecule has 2 atom stereocenters. The molecule has 0 aromatic heterocycles. The van der Waals surface area contributed by atoms with Crippen molar-refractivity contribution in [2.75, 3.05) is 36.5 Å². The molecule has 1 fully saturated rings. The highest BCUT2D eigenvalue weighted by molar-refractivity contribution is 5.82. The fourth-order valence-electron chi connectivity index (χ4n) is 5.17. The van der Waals surface area contributed by atoms with Crippen molar-refractivity contribution in [1.82, 2.24) is 5.32 Å². The molecule has 1 saturated heterocycles. The number of nitro groups is 1. The van der Waals surface area contributed by atoms with E-state index < -0.39 is 10.8 Å². The van der Waals surface area contributed by atoms with E-state index in [9.17, 15) is 19.3 Å². The maximum Gasteiger partial charge on any atom is 0.269 e. The molecule has 0 saturated carbocycles. The van der Waals surface area contributed by atoms with Crippen molar-refractivity contribution in [3.05, 3.63) is 93.8 Å². The van der Waals surface area contributed by atoms with Gasteiger partial charge in [-0.15, -0.1) is 0 Å². The zero-order chi connectivity index (χ0) is 25.2. The molecule has 186 valence electrons. The van der Waals surface area contributed by atoms with Crippen LogP contribution in [0.5, 0.6) is 5.75 Å². The summed E-state index contributed by atoms with van der Waals surface area (Å²) in [5, 5.41) is 14.4. The number of amides is 1. The van der Waals surface area contributed by atoms with Crippen LogP contribution in [0.4, 0.5) is 21.5 Å². The molecule has 0 aliphatic carbocycles. The van der Waals surface area contributed by atoms with Crippen molar-refractivity contribution >= 4 is 23.0 Å². The van der Waals surface area contributed by atoms with Crippen LogP contribution in [0.2, 0.25) is 0 Å². The summed E-state index contributed by atoms with van der Waals surface area (Å²) in [7, 11) is 1.63. The average molecular weight is 491 g/mol. The Morgan fingerprint density at radius 1 is 1.11 bits per heavy atom. The number of hydrogen-bond donors (Lipinski definition) is 1. The second kappa shape index (κ2) is 9.85. The second-order valence-electron chi connectivity index (χ2n) is 9.13. The summed E-state index contributed by atoms with van der Waals surface area (Å²) in [6, 6.07) is 18.7. The van der Waals surface area contributed by atoms with Gasteiger partial charge in [0.05, 0.1) is 24.0 Å². The summed E-state index contributed by atoms with van der Waals surface area (Å²) in [6.07, 6.45) is 0.407. The van der Waals surface area contributed by atoms with E-state index in [1.807, 2.05) is 24.3 Å². The minimum atomic E-state index is -0.405. The van der Waals surface area contributed by atoms with Crippen LogP contribution in [0.25, 0.3) is 0 Å². The number of ether oxygens (including phenoxy) is 1. The van der Waals surface area contributed by atoms with Gasteiger partial charge in [-0.3, -0.25) is 14.9 Å². The van der Waals surface area contributed by atoms with E-state index in [2.05, 4.69) is 15.1 Å². The fraction of sp³-hybridized carbons (Fsp3) is 0.296. The molecule has 0 radical (unpaired) electrons. The molecule has 2 heterocycles. The number of hydrogen-bond acceptors (Lipinski definition) is 6. The third-order valence-corrected chi connectivity index (χ3v) is 7.06. The largest absolute Gasteiger partial charge is 0.497 e. The summed E-state index contributed by atoms with van der Waals surface area (Å²) in [6.45, 7) is 2.36. The molecule has 36 heavy (non-hydrogen) atoms. The van der Waals surface area contributed by atoms with E-state index in [0.717, 1.165) is 34.8 Å². The van der Waals surface area contributed by atoms with Crippen molar-refractivity contribution in [2.24, 2.45) is 5.92 Å². The van der Waals surface area contributed by atoms with Crippen LogP contribution in [0.15, 0.2) is 66.7 Å². The Kier molecular flexibility index (Phi) is 6.45. The van der Waals surface area contributed by atoms with E-state index in [1.165, 1.54) is 18.2 Å². The zero-order valence-corrected chi connectivity index (χ0v) is 19.9. The Hall–Kier alpha value is -4.14.